The van der Waals surface area contributed by atoms with Crippen molar-refractivity contribution >= 4 is 11.4 Å². The summed E-state index contributed by atoms with van der Waals surface area (Å²) in [5.41, 5.74) is 2.53. The van der Waals surface area contributed by atoms with Gasteiger partial charge in [-0.1, -0.05) is 0 Å². The molecular formula is C18H16FN5O2. The summed E-state index contributed by atoms with van der Waals surface area (Å²) in [6.45, 7) is 1.80. The fourth-order valence-corrected chi connectivity index (χ4v) is 2.79. The first-order valence-corrected chi connectivity index (χ1v) is 7.94. The minimum Gasteiger partial charge on any atom is -0.375 e. The van der Waals surface area contributed by atoms with Crippen LogP contribution in [0.2, 0.25) is 0 Å². The second-order valence-corrected chi connectivity index (χ2v) is 5.84. The van der Waals surface area contributed by atoms with Gasteiger partial charge in [0.05, 0.1) is 11.8 Å². The molecule has 0 amide bonds. The first-order valence-electron chi connectivity index (χ1n) is 7.94. The molecule has 0 N–H and O–H groups in total. The van der Waals surface area contributed by atoms with E-state index in [1.165, 1.54) is 23.9 Å². The summed E-state index contributed by atoms with van der Waals surface area (Å²) in [7, 11) is 1.53. The Labute approximate surface area is 149 Å². The Bertz CT molecular complexity index is 1010. The maximum Gasteiger partial charge on any atom is 0.235 e. The van der Waals surface area contributed by atoms with Gasteiger partial charge in [0.25, 0.3) is 0 Å². The maximum atomic E-state index is 13.5. The summed E-state index contributed by atoms with van der Waals surface area (Å²) in [5.74, 6) is -0.718. The minimum atomic E-state index is -0.647. The zero-order chi connectivity index (χ0) is 18.7. The highest BCUT2D eigenvalue weighted by Gasteiger charge is 2.19. The van der Waals surface area contributed by atoms with E-state index in [2.05, 4.69) is 15.1 Å². The lowest BCUT2D eigenvalue weighted by atomic mass is 10.0. The van der Waals surface area contributed by atoms with Gasteiger partial charge in [0.15, 0.2) is 5.65 Å². The Hall–Kier alpha value is -3.18. The standard InChI is InChI=1S/C18H16FN5O2/c1-11(26-2)18-13(10-22-17-8-16(19)23-24(17)18)7-15(25)6-12-3-4-21-14(5-12)9-20/h3-5,8,10-11H,6-7H2,1-2H3/t11-/m0/s1. The van der Waals surface area contributed by atoms with Gasteiger partial charge in [-0.25, -0.2) is 14.5 Å². The Kier molecular flexibility index (Phi) is 5.00. The maximum absolute atomic E-state index is 13.5. The van der Waals surface area contributed by atoms with Crippen LogP contribution in [0, 0.1) is 17.3 Å². The van der Waals surface area contributed by atoms with Crippen molar-refractivity contribution < 1.29 is 13.9 Å². The van der Waals surface area contributed by atoms with Crippen molar-refractivity contribution in [3.05, 3.63) is 59.1 Å². The lowest BCUT2D eigenvalue weighted by Gasteiger charge is -2.16. The highest BCUT2D eigenvalue weighted by atomic mass is 19.1. The van der Waals surface area contributed by atoms with Crippen LogP contribution in [0.3, 0.4) is 0 Å². The fourth-order valence-electron chi connectivity index (χ4n) is 2.79. The Balaban J connectivity index is 1.90. The molecule has 0 saturated carbocycles. The van der Waals surface area contributed by atoms with Crippen molar-refractivity contribution in [3.63, 3.8) is 0 Å². The van der Waals surface area contributed by atoms with E-state index in [9.17, 15) is 9.18 Å². The van der Waals surface area contributed by atoms with Crippen molar-refractivity contribution in [3.8, 4) is 6.07 Å². The smallest absolute Gasteiger partial charge is 0.235 e. The molecule has 0 fully saturated rings. The van der Waals surface area contributed by atoms with Crippen molar-refractivity contribution in [2.45, 2.75) is 25.9 Å². The van der Waals surface area contributed by atoms with Crippen molar-refractivity contribution in [1.29, 1.82) is 5.26 Å². The van der Waals surface area contributed by atoms with Gasteiger partial charge in [-0.15, -0.1) is 5.10 Å². The van der Waals surface area contributed by atoms with Gasteiger partial charge in [-0.05, 0) is 24.6 Å². The molecule has 26 heavy (non-hydrogen) atoms. The quantitative estimate of drug-likeness (QED) is 0.674. The molecule has 0 bridgehead atoms. The number of pyridine rings is 1. The van der Waals surface area contributed by atoms with Crippen LogP contribution in [0.25, 0.3) is 5.65 Å². The molecule has 3 aromatic heterocycles. The van der Waals surface area contributed by atoms with Crippen LogP contribution in [0.5, 0.6) is 0 Å². The Morgan fingerprint density at radius 1 is 1.38 bits per heavy atom. The number of aromatic nitrogens is 4. The number of carbonyl (C=O) groups excluding carboxylic acids is 1. The summed E-state index contributed by atoms with van der Waals surface area (Å²) in [4.78, 5) is 20.6. The van der Waals surface area contributed by atoms with Gasteiger partial charge in [0.1, 0.15) is 17.5 Å². The van der Waals surface area contributed by atoms with E-state index in [4.69, 9.17) is 10.00 Å². The molecule has 0 aliphatic heterocycles. The zero-order valence-corrected chi connectivity index (χ0v) is 14.3. The van der Waals surface area contributed by atoms with Crippen LogP contribution >= 0.6 is 0 Å². The number of hydrogen-bond donors (Lipinski definition) is 0. The van der Waals surface area contributed by atoms with Gasteiger partial charge < -0.3 is 4.74 Å². The Morgan fingerprint density at radius 3 is 2.92 bits per heavy atom. The summed E-state index contributed by atoms with van der Waals surface area (Å²) in [6, 6.07) is 6.45. The van der Waals surface area contributed by atoms with Crippen molar-refractivity contribution in [2.24, 2.45) is 0 Å². The first-order chi connectivity index (χ1) is 12.5. The molecule has 0 radical (unpaired) electrons. The number of nitriles is 1. The van der Waals surface area contributed by atoms with E-state index in [1.54, 1.807) is 25.3 Å². The molecule has 3 rings (SSSR count). The minimum absolute atomic E-state index is 0.0709. The highest BCUT2D eigenvalue weighted by molar-refractivity contribution is 5.83. The first kappa shape index (κ1) is 17.6. The summed E-state index contributed by atoms with van der Waals surface area (Å²) < 4.78 is 20.2. The van der Waals surface area contributed by atoms with Crippen molar-refractivity contribution in [2.75, 3.05) is 7.11 Å². The second-order valence-electron chi connectivity index (χ2n) is 5.84. The van der Waals surface area contributed by atoms with Crippen LogP contribution in [0.1, 0.15) is 35.5 Å². The summed E-state index contributed by atoms with van der Waals surface area (Å²) in [5, 5.41) is 12.7. The molecule has 0 aromatic carbocycles. The molecule has 0 aliphatic carbocycles. The fraction of sp³-hybridized carbons (Fsp3) is 0.278. The van der Waals surface area contributed by atoms with E-state index >= 15 is 0 Å². The van der Waals surface area contributed by atoms with Crippen LogP contribution in [0.4, 0.5) is 4.39 Å². The molecule has 3 aromatic rings. The number of rotatable bonds is 6. The molecule has 8 heteroatoms. The number of hydrogen-bond acceptors (Lipinski definition) is 6. The van der Waals surface area contributed by atoms with Crippen LogP contribution in [0.15, 0.2) is 30.6 Å². The molecule has 1 atom stereocenters. The van der Waals surface area contributed by atoms with E-state index in [-0.39, 0.29) is 24.3 Å². The number of nitrogens with zero attached hydrogens (tertiary/aromatic N) is 5. The van der Waals surface area contributed by atoms with Gasteiger partial charge in [0.2, 0.25) is 5.95 Å². The number of carbonyl (C=O) groups is 1. The predicted octanol–water partition coefficient (Wildman–Crippen LogP) is 2.20. The number of fused-ring (bicyclic) bond motifs is 1. The van der Waals surface area contributed by atoms with Gasteiger partial charge in [-0.3, -0.25) is 4.79 Å². The third kappa shape index (κ3) is 3.58. The van der Waals surface area contributed by atoms with Gasteiger partial charge in [-0.2, -0.15) is 9.65 Å². The molecular weight excluding hydrogens is 337 g/mol. The number of Topliss-reactive ketones (excluding diaryl/α,β-unsaturated/α-hetero) is 1. The van der Waals surface area contributed by atoms with Crippen LogP contribution in [-0.2, 0) is 22.4 Å². The number of methoxy groups -OCH3 is 1. The number of halogens is 1. The number of ketones is 1. The molecule has 7 nitrogen and oxygen atoms in total. The molecule has 0 spiro atoms. The largest absolute Gasteiger partial charge is 0.375 e. The number of ether oxygens (including phenoxy) is 1. The van der Waals surface area contributed by atoms with E-state index in [0.29, 0.717) is 22.5 Å². The lowest BCUT2D eigenvalue weighted by molar-refractivity contribution is -0.117. The molecule has 0 aliphatic rings. The van der Waals surface area contributed by atoms with Gasteiger partial charge >= 0.3 is 0 Å². The third-order valence-electron chi connectivity index (χ3n) is 4.04. The Morgan fingerprint density at radius 2 is 2.19 bits per heavy atom. The molecule has 0 saturated heterocycles. The van der Waals surface area contributed by atoms with E-state index in [1.807, 2.05) is 6.07 Å². The average Bonchev–Trinajstić information content (AvgIpc) is 3.01. The van der Waals surface area contributed by atoms with Crippen LogP contribution < -0.4 is 0 Å². The highest BCUT2D eigenvalue weighted by Crippen LogP contribution is 2.22. The summed E-state index contributed by atoms with van der Waals surface area (Å²) >= 11 is 0. The second kappa shape index (κ2) is 7.37. The van der Waals surface area contributed by atoms with Crippen LogP contribution in [-0.4, -0.2) is 32.5 Å². The predicted molar refractivity (Wildman–Crippen MR) is 89.7 cm³/mol. The lowest BCUT2D eigenvalue weighted by Crippen LogP contribution is -2.15. The SMILES string of the molecule is CO[C@@H](C)c1c(CC(=O)Cc2ccnc(C#N)c2)cnc2cc(F)nn12. The molecule has 0 unspecified atom stereocenters. The summed E-state index contributed by atoms with van der Waals surface area (Å²) in [6.07, 6.45) is 2.90. The zero-order valence-electron chi connectivity index (χ0n) is 14.3. The van der Waals surface area contributed by atoms with Gasteiger partial charge in [0, 0.05) is 44.0 Å². The van der Waals surface area contributed by atoms with E-state index < -0.39 is 12.1 Å². The van der Waals surface area contributed by atoms with Crippen molar-refractivity contribution in [1.82, 2.24) is 19.6 Å². The topological polar surface area (TPSA) is 93.2 Å². The molecule has 3 heterocycles. The normalized spacial score (nSPS) is 12.1. The van der Waals surface area contributed by atoms with E-state index in [0.717, 1.165) is 0 Å². The monoisotopic (exact) mass is 353 g/mol. The average molecular weight is 353 g/mol. The third-order valence-corrected chi connectivity index (χ3v) is 4.04. The molecule has 132 valence electrons.